The third-order valence-corrected chi connectivity index (χ3v) is 2.42. The second-order valence-corrected chi connectivity index (χ2v) is 4.13. The number of pyridine rings is 1. The lowest BCUT2D eigenvalue weighted by molar-refractivity contribution is -0.139. The summed E-state index contributed by atoms with van der Waals surface area (Å²) in [6.45, 7) is 1.66. The molecule has 0 aromatic carbocycles. The van der Waals surface area contributed by atoms with Crippen molar-refractivity contribution < 1.29 is 22.7 Å². The lowest BCUT2D eigenvalue weighted by Gasteiger charge is -2.15. The minimum Gasteiger partial charge on any atom is -0.465 e. The van der Waals surface area contributed by atoms with Crippen molar-refractivity contribution in [1.82, 2.24) is 10.3 Å². The first-order chi connectivity index (χ1) is 8.81. The molecule has 1 aromatic heterocycles. The lowest BCUT2D eigenvalue weighted by Crippen LogP contribution is -2.30. The van der Waals surface area contributed by atoms with Gasteiger partial charge in [-0.15, -0.1) is 0 Å². The van der Waals surface area contributed by atoms with Gasteiger partial charge in [-0.2, -0.15) is 13.2 Å². The van der Waals surface area contributed by atoms with Crippen LogP contribution in [0.5, 0.6) is 0 Å². The van der Waals surface area contributed by atoms with Crippen LogP contribution in [-0.4, -0.2) is 30.3 Å². The van der Waals surface area contributed by atoms with Crippen molar-refractivity contribution in [2.45, 2.75) is 32.1 Å². The number of hydrogen-bond donors (Lipinski definition) is 1. The van der Waals surface area contributed by atoms with Gasteiger partial charge in [-0.05, 0) is 19.1 Å². The van der Waals surface area contributed by atoms with Gasteiger partial charge in [-0.25, -0.2) is 4.79 Å². The van der Waals surface area contributed by atoms with Gasteiger partial charge in [0.1, 0.15) is 0 Å². The molecule has 1 atom stereocenters. The average molecular weight is 276 g/mol. The second kappa shape index (κ2) is 6.51. The Bertz CT molecular complexity index is 418. The number of aromatic nitrogens is 1. The first-order valence-corrected chi connectivity index (χ1v) is 5.65. The first-order valence-electron chi connectivity index (χ1n) is 5.65. The molecule has 4 nitrogen and oxygen atoms in total. The van der Waals surface area contributed by atoms with Crippen molar-refractivity contribution in [3.63, 3.8) is 0 Å². The summed E-state index contributed by atoms with van der Waals surface area (Å²) in [6.07, 6.45) is -3.75. The number of alkyl halides is 3. The maximum atomic E-state index is 12.1. The number of esters is 1. The van der Waals surface area contributed by atoms with Crippen LogP contribution in [0.3, 0.4) is 0 Å². The van der Waals surface area contributed by atoms with Crippen LogP contribution >= 0.6 is 0 Å². The van der Waals surface area contributed by atoms with E-state index in [4.69, 9.17) is 0 Å². The predicted molar refractivity (Wildman–Crippen MR) is 62.6 cm³/mol. The van der Waals surface area contributed by atoms with E-state index in [9.17, 15) is 18.0 Å². The zero-order valence-corrected chi connectivity index (χ0v) is 10.6. The molecule has 0 aliphatic heterocycles. The summed E-state index contributed by atoms with van der Waals surface area (Å²) in [7, 11) is 1.26. The van der Waals surface area contributed by atoms with E-state index in [-0.39, 0.29) is 6.54 Å². The first kappa shape index (κ1) is 15.4. The molecule has 1 N–H and O–H groups in total. The summed E-state index contributed by atoms with van der Waals surface area (Å²) >= 11 is 0. The second-order valence-electron chi connectivity index (χ2n) is 4.13. The molecule has 0 bridgehead atoms. The third kappa shape index (κ3) is 5.69. The van der Waals surface area contributed by atoms with Crippen molar-refractivity contribution in [3.8, 4) is 0 Å². The molecular formula is C12H15F3N2O2. The Kier molecular flexibility index (Phi) is 5.29. The van der Waals surface area contributed by atoms with E-state index in [1.807, 2.05) is 0 Å². The van der Waals surface area contributed by atoms with E-state index in [0.29, 0.717) is 11.3 Å². The van der Waals surface area contributed by atoms with Gasteiger partial charge >= 0.3 is 12.1 Å². The van der Waals surface area contributed by atoms with Crippen LogP contribution in [0.15, 0.2) is 18.3 Å². The lowest BCUT2D eigenvalue weighted by atomic mass is 10.2. The van der Waals surface area contributed by atoms with E-state index in [1.54, 1.807) is 6.07 Å². The maximum Gasteiger partial charge on any atom is 0.390 e. The van der Waals surface area contributed by atoms with Gasteiger partial charge in [0.05, 0.1) is 24.8 Å². The maximum absolute atomic E-state index is 12.1. The van der Waals surface area contributed by atoms with Crippen molar-refractivity contribution in [1.29, 1.82) is 0 Å². The molecule has 0 fully saturated rings. The Labute approximate surface area is 109 Å². The molecule has 7 heteroatoms. The molecule has 0 saturated carbocycles. The van der Waals surface area contributed by atoms with Crippen molar-refractivity contribution in [3.05, 3.63) is 29.6 Å². The smallest absolute Gasteiger partial charge is 0.390 e. The SMILES string of the molecule is COC(=O)c1ccc(CNC(C)CC(F)(F)F)nc1. The number of methoxy groups -OCH3 is 1. The number of carbonyl (C=O) groups excluding carboxylic acids is 1. The zero-order valence-electron chi connectivity index (χ0n) is 10.6. The van der Waals surface area contributed by atoms with Gasteiger partial charge in [0.25, 0.3) is 0 Å². The molecule has 0 aliphatic carbocycles. The summed E-state index contributed by atoms with van der Waals surface area (Å²) in [6, 6.07) is 2.39. The fourth-order valence-electron chi connectivity index (χ4n) is 1.47. The quantitative estimate of drug-likeness (QED) is 0.838. The van der Waals surface area contributed by atoms with Gasteiger partial charge in [0, 0.05) is 18.8 Å². The molecule has 0 radical (unpaired) electrons. The number of nitrogens with zero attached hydrogens (tertiary/aromatic N) is 1. The summed E-state index contributed by atoms with van der Waals surface area (Å²) in [5.74, 6) is -0.502. The fourth-order valence-corrected chi connectivity index (χ4v) is 1.47. The van der Waals surface area contributed by atoms with Crippen molar-refractivity contribution >= 4 is 5.97 Å². The molecule has 1 aromatic rings. The highest BCUT2D eigenvalue weighted by Gasteiger charge is 2.29. The Hall–Kier alpha value is -1.63. The molecule has 1 unspecified atom stereocenters. The predicted octanol–water partition coefficient (Wildman–Crippen LogP) is 2.30. The molecular weight excluding hydrogens is 261 g/mol. The van der Waals surface area contributed by atoms with E-state index in [1.165, 1.54) is 26.3 Å². The topological polar surface area (TPSA) is 51.2 Å². The number of carbonyl (C=O) groups is 1. The summed E-state index contributed by atoms with van der Waals surface area (Å²) in [5.41, 5.74) is 0.858. The van der Waals surface area contributed by atoms with Crippen LogP contribution < -0.4 is 5.32 Å². The number of rotatable bonds is 5. The van der Waals surface area contributed by atoms with Crippen LogP contribution in [-0.2, 0) is 11.3 Å². The number of hydrogen-bond acceptors (Lipinski definition) is 4. The number of nitrogens with one attached hydrogen (secondary N) is 1. The van der Waals surface area contributed by atoms with E-state index in [2.05, 4.69) is 15.0 Å². The zero-order chi connectivity index (χ0) is 14.5. The third-order valence-electron chi connectivity index (χ3n) is 2.42. The Morgan fingerprint density at radius 3 is 2.63 bits per heavy atom. The summed E-state index contributed by atoms with van der Waals surface area (Å²) in [4.78, 5) is 15.1. The standard InChI is InChI=1S/C12H15F3N2O2/c1-8(5-12(13,14)15)16-7-10-4-3-9(6-17-10)11(18)19-2/h3-4,6,8,16H,5,7H2,1-2H3. The van der Waals surface area contributed by atoms with Crippen LogP contribution in [0.4, 0.5) is 13.2 Å². The van der Waals surface area contributed by atoms with Crippen LogP contribution in [0.2, 0.25) is 0 Å². The Morgan fingerprint density at radius 1 is 1.47 bits per heavy atom. The molecule has 19 heavy (non-hydrogen) atoms. The van der Waals surface area contributed by atoms with E-state index >= 15 is 0 Å². The van der Waals surface area contributed by atoms with Gasteiger partial charge in [0.15, 0.2) is 0 Å². The van der Waals surface area contributed by atoms with E-state index in [0.717, 1.165) is 0 Å². The van der Waals surface area contributed by atoms with Gasteiger partial charge < -0.3 is 10.1 Å². The molecule has 1 heterocycles. The molecule has 0 amide bonds. The Balaban J connectivity index is 2.48. The van der Waals surface area contributed by atoms with Gasteiger partial charge in [-0.3, -0.25) is 4.98 Å². The van der Waals surface area contributed by atoms with Crippen molar-refractivity contribution in [2.24, 2.45) is 0 Å². The normalized spacial score (nSPS) is 13.1. The highest BCUT2D eigenvalue weighted by atomic mass is 19.4. The van der Waals surface area contributed by atoms with Crippen LogP contribution in [0.1, 0.15) is 29.4 Å². The van der Waals surface area contributed by atoms with E-state index < -0.39 is 24.6 Å². The highest BCUT2D eigenvalue weighted by molar-refractivity contribution is 5.88. The highest BCUT2D eigenvalue weighted by Crippen LogP contribution is 2.21. The van der Waals surface area contributed by atoms with Gasteiger partial charge in [-0.1, -0.05) is 0 Å². The molecule has 106 valence electrons. The minimum atomic E-state index is -4.19. The van der Waals surface area contributed by atoms with Gasteiger partial charge in [0.2, 0.25) is 0 Å². The summed E-state index contributed by atoms with van der Waals surface area (Å²) in [5, 5.41) is 2.72. The van der Waals surface area contributed by atoms with Crippen LogP contribution in [0.25, 0.3) is 0 Å². The molecule has 0 saturated heterocycles. The Morgan fingerprint density at radius 2 is 2.16 bits per heavy atom. The monoisotopic (exact) mass is 276 g/mol. The largest absolute Gasteiger partial charge is 0.465 e. The average Bonchev–Trinajstić information content (AvgIpc) is 2.34. The number of halogens is 3. The number of ether oxygens (including phenoxy) is 1. The minimum absolute atomic E-state index is 0.207. The fraction of sp³-hybridized carbons (Fsp3) is 0.500. The van der Waals surface area contributed by atoms with Crippen molar-refractivity contribution in [2.75, 3.05) is 7.11 Å². The molecule has 0 spiro atoms. The molecule has 1 rings (SSSR count). The molecule has 0 aliphatic rings. The summed E-state index contributed by atoms with van der Waals surface area (Å²) < 4.78 is 40.8. The van der Waals surface area contributed by atoms with Crippen LogP contribution in [0, 0.1) is 0 Å².